The Morgan fingerprint density at radius 1 is 1.44 bits per heavy atom. The molecule has 0 bridgehead atoms. The van der Waals surface area contributed by atoms with Gasteiger partial charge in [-0.3, -0.25) is 10.1 Å². The lowest BCUT2D eigenvalue weighted by atomic mass is 10.1. The van der Waals surface area contributed by atoms with Crippen LogP contribution in [0.3, 0.4) is 0 Å². The average Bonchev–Trinajstić information content (AvgIpc) is 2.84. The van der Waals surface area contributed by atoms with Crippen molar-refractivity contribution in [3.8, 4) is 0 Å². The Balaban J connectivity index is 2.12. The van der Waals surface area contributed by atoms with Crippen LogP contribution in [0.2, 0.25) is 0 Å². The Morgan fingerprint density at radius 3 is 2.56 bits per heavy atom. The van der Waals surface area contributed by atoms with E-state index < -0.39 is 22.2 Å². The number of rotatable bonds is 4. The summed E-state index contributed by atoms with van der Waals surface area (Å²) in [4.78, 5) is 9.71. The number of nitro groups is 1. The molecule has 1 saturated carbocycles. The molecule has 1 aliphatic rings. The molecule has 0 heterocycles. The van der Waals surface area contributed by atoms with Gasteiger partial charge in [0.2, 0.25) is 5.82 Å². The van der Waals surface area contributed by atoms with E-state index in [-0.39, 0.29) is 23.6 Å². The van der Waals surface area contributed by atoms with Crippen molar-refractivity contribution < 1.29 is 13.7 Å². The molecule has 0 amide bonds. The lowest BCUT2D eigenvalue weighted by Gasteiger charge is -2.07. The molecule has 1 aliphatic carbocycles. The molecular weight excluding hydrogens is 242 g/mol. The number of benzene rings is 1. The summed E-state index contributed by atoms with van der Waals surface area (Å²) in [5.41, 5.74) is -0.392. The molecule has 18 heavy (non-hydrogen) atoms. The highest BCUT2D eigenvalue weighted by molar-refractivity contribution is 5.37. The van der Waals surface area contributed by atoms with Crippen molar-refractivity contribution in [2.75, 3.05) is 0 Å². The molecule has 0 radical (unpaired) electrons. The first-order valence-electron chi connectivity index (χ1n) is 5.67. The van der Waals surface area contributed by atoms with Crippen molar-refractivity contribution in [1.82, 2.24) is 5.32 Å². The largest absolute Gasteiger partial charge is 0.309 e. The molecule has 4 nitrogen and oxygen atoms in total. The first kappa shape index (κ1) is 12.9. The van der Waals surface area contributed by atoms with Crippen molar-refractivity contribution in [3.05, 3.63) is 39.4 Å². The summed E-state index contributed by atoms with van der Waals surface area (Å²) in [7, 11) is 0. The molecule has 0 spiro atoms. The van der Waals surface area contributed by atoms with Crippen molar-refractivity contribution in [2.45, 2.75) is 32.9 Å². The van der Waals surface area contributed by atoms with Crippen LogP contribution < -0.4 is 5.32 Å². The minimum Gasteiger partial charge on any atom is -0.309 e. The van der Waals surface area contributed by atoms with Crippen molar-refractivity contribution in [1.29, 1.82) is 0 Å². The van der Waals surface area contributed by atoms with Gasteiger partial charge in [-0.1, -0.05) is 13.8 Å². The van der Waals surface area contributed by atoms with Gasteiger partial charge >= 0.3 is 5.69 Å². The van der Waals surface area contributed by atoms with Gasteiger partial charge in [-0.25, -0.2) is 4.39 Å². The summed E-state index contributed by atoms with van der Waals surface area (Å²) in [6.45, 7) is 4.32. The van der Waals surface area contributed by atoms with Gasteiger partial charge in [0.1, 0.15) is 5.82 Å². The Hall–Kier alpha value is -1.56. The zero-order valence-corrected chi connectivity index (χ0v) is 10.2. The van der Waals surface area contributed by atoms with Gasteiger partial charge in [-0.05, 0) is 11.8 Å². The van der Waals surface area contributed by atoms with Crippen LogP contribution in [0.25, 0.3) is 0 Å². The summed E-state index contributed by atoms with van der Waals surface area (Å²) in [5.74, 6) is -1.91. The van der Waals surface area contributed by atoms with E-state index in [1.54, 1.807) is 0 Å². The highest BCUT2D eigenvalue weighted by atomic mass is 19.1. The van der Waals surface area contributed by atoms with Crippen LogP contribution in [0.5, 0.6) is 0 Å². The molecule has 1 unspecified atom stereocenters. The van der Waals surface area contributed by atoms with E-state index in [0.717, 1.165) is 12.5 Å². The average molecular weight is 256 g/mol. The predicted octanol–water partition coefficient (Wildman–Crippen LogP) is 2.76. The first-order valence-corrected chi connectivity index (χ1v) is 5.67. The van der Waals surface area contributed by atoms with Gasteiger partial charge in [-0.2, -0.15) is 4.39 Å². The number of hydrogen-bond acceptors (Lipinski definition) is 3. The van der Waals surface area contributed by atoms with Crippen molar-refractivity contribution in [3.63, 3.8) is 0 Å². The van der Waals surface area contributed by atoms with Gasteiger partial charge < -0.3 is 5.32 Å². The maximum absolute atomic E-state index is 13.5. The SMILES string of the molecule is CC1(C)CC1NCc1cc([N+](=O)[O-])c(F)cc1F. The van der Waals surface area contributed by atoms with E-state index >= 15 is 0 Å². The van der Waals surface area contributed by atoms with E-state index in [1.807, 2.05) is 0 Å². The first-order chi connectivity index (χ1) is 8.31. The van der Waals surface area contributed by atoms with Gasteiger partial charge in [0.25, 0.3) is 0 Å². The van der Waals surface area contributed by atoms with Crippen molar-refractivity contribution in [2.24, 2.45) is 5.41 Å². The maximum atomic E-state index is 13.5. The fourth-order valence-electron chi connectivity index (χ4n) is 1.90. The Bertz CT molecular complexity index is 503. The second-order valence-corrected chi connectivity index (χ2v) is 5.28. The summed E-state index contributed by atoms with van der Waals surface area (Å²) >= 11 is 0. The number of nitrogens with one attached hydrogen (secondary N) is 1. The van der Waals surface area contributed by atoms with E-state index in [1.165, 1.54) is 0 Å². The second-order valence-electron chi connectivity index (χ2n) is 5.28. The van der Waals surface area contributed by atoms with Gasteiger partial charge in [0.15, 0.2) is 0 Å². The van der Waals surface area contributed by atoms with E-state index in [9.17, 15) is 18.9 Å². The smallest absolute Gasteiger partial charge is 0.305 e. The molecule has 6 heteroatoms. The van der Waals surface area contributed by atoms with Crippen molar-refractivity contribution >= 4 is 5.69 Å². The molecular formula is C12H14F2N2O2. The summed E-state index contributed by atoms with van der Waals surface area (Å²) in [6, 6.07) is 1.79. The predicted molar refractivity (Wildman–Crippen MR) is 62.0 cm³/mol. The summed E-state index contributed by atoms with van der Waals surface area (Å²) < 4.78 is 26.6. The molecule has 1 fully saturated rings. The highest BCUT2D eigenvalue weighted by Crippen LogP contribution is 2.44. The summed E-state index contributed by atoms with van der Waals surface area (Å²) in [5, 5.41) is 13.7. The molecule has 1 N–H and O–H groups in total. The third kappa shape index (κ3) is 2.48. The van der Waals surface area contributed by atoms with Gasteiger partial charge in [-0.15, -0.1) is 0 Å². The number of nitrogens with zero attached hydrogens (tertiary/aromatic N) is 1. The van der Waals surface area contributed by atoms with E-state index in [0.29, 0.717) is 6.07 Å². The monoisotopic (exact) mass is 256 g/mol. The zero-order chi connectivity index (χ0) is 13.5. The minimum absolute atomic E-state index is 0.116. The third-order valence-electron chi connectivity index (χ3n) is 3.36. The third-order valence-corrected chi connectivity index (χ3v) is 3.36. The maximum Gasteiger partial charge on any atom is 0.305 e. The number of hydrogen-bond donors (Lipinski definition) is 1. The lowest BCUT2D eigenvalue weighted by Crippen LogP contribution is -2.20. The lowest BCUT2D eigenvalue weighted by molar-refractivity contribution is -0.387. The van der Waals surface area contributed by atoms with Crippen LogP contribution in [-0.4, -0.2) is 11.0 Å². The Labute approximate surface area is 103 Å². The standard InChI is InChI=1S/C12H14F2N2O2/c1-12(2)5-11(12)15-6-7-3-10(16(17)18)9(14)4-8(7)13/h3-4,11,15H,5-6H2,1-2H3. The number of halogens is 2. The molecule has 1 aromatic carbocycles. The molecule has 1 atom stereocenters. The zero-order valence-electron chi connectivity index (χ0n) is 10.2. The Kier molecular flexibility index (Phi) is 3.06. The molecule has 2 rings (SSSR count). The van der Waals surface area contributed by atoms with Crippen LogP contribution in [0.4, 0.5) is 14.5 Å². The van der Waals surface area contributed by atoms with Crippen LogP contribution >= 0.6 is 0 Å². The van der Waals surface area contributed by atoms with E-state index in [2.05, 4.69) is 19.2 Å². The Morgan fingerprint density at radius 2 is 2.06 bits per heavy atom. The minimum atomic E-state index is -1.15. The highest BCUT2D eigenvalue weighted by Gasteiger charge is 2.45. The van der Waals surface area contributed by atoms with E-state index in [4.69, 9.17) is 0 Å². The van der Waals surface area contributed by atoms with Crippen LogP contribution in [0.1, 0.15) is 25.8 Å². The molecule has 0 aromatic heterocycles. The normalized spacial score (nSPS) is 20.8. The van der Waals surface area contributed by atoms with Gasteiger partial charge in [0.05, 0.1) is 4.92 Å². The van der Waals surface area contributed by atoms with Gasteiger partial charge in [0, 0.05) is 30.3 Å². The number of nitro benzene ring substituents is 1. The molecule has 0 saturated heterocycles. The van der Waals surface area contributed by atoms with Crippen LogP contribution in [0, 0.1) is 27.2 Å². The molecule has 98 valence electrons. The fraction of sp³-hybridized carbons (Fsp3) is 0.500. The topological polar surface area (TPSA) is 55.2 Å². The summed E-state index contributed by atoms with van der Waals surface area (Å²) in [6.07, 6.45) is 0.984. The molecule has 1 aromatic rings. The quantitative estimate of drug-likeness (QED) is 0.665. The second kappa shape index (κ2) is 4.28. The fourth-order valence-corrected chi connectivity index (χ4v) is 1.90. The van der Waals surface area contributed by atoms with Crippen LogP contribution in [0.15, 0.2) is 12.1 Å². The van der Waals surface area contributed by atoms with Crippen LogP contribution in [-0.2, 0) is 6.54 Å². The molecule has 0 aliphatic heterocycles.